The molecule has 0 saturated carbocycles. The summed E-state index contributed by atoms with van der Waals surface area (Å²) in [6.45, 7) is 4.20. The maximum absolute atomic E-state index is 12.7. The molecular formula is C21H24ClNO4. The highest BCUT2D eigenvalue weighted by Crippen LogP contribution is 2.34. The molecule has 0 aliphatic carbocycles. The molecule has 2 aromatic carbocycles. The van der Waals surface area contributed by atoms with Gasteiger partial charge in [0.05, 0.1) is 12.1 Å². The molecular weight excluding hydrogens is 366 g/mol. The second kappa shape index (κ2) is 9.00. The van der Waals surface area contributed by atoms with Gasteiger partial charge in [0.2, 0.25) is 5.91 Å². The Morgan fingerprint density at radius 2 is 2.04 bits per heavy atom. The third-order valence-corrected chi connectivity index (χ3v) is 4.88. The molecule has 1 amide bonds. The lowest BCUT2D eigenvalue weighted by atomic mass is 10.1. The van der Waals surface area contributed by atoms with Gasteiger partial charge in [-0.3, -0.25) is 4.79 Å². The van der Waals surface area contributed by atoms with E-state index in [-0.39, 0.29) is 5.91 Å². The number of rotatable bonds is 7. The molecule has 1 heterocycles. The predicted octanol–water partition coefficient (Wildman–Crippen LogP) is 4.10. The molecule has 27 heavy (non-hydrogen) atoms. The van der Waals surface area contributed by atoms with Gasteiger partial charge in [-0.25, -0.2) is 0 Å². The van der Waals surface area contributed by atoms with Gasteiger partial charge in [-0.2, -0.15) is 0 Å². The van der Waals surface area contributed by atoms with Crippen molar-refractivity contribution >= 4 is 17.5 Å². The third kappa shape index (κ3) is 4.66. The molecule has 6 heteroatoms. The summed E-state index contributed by atoms with van der Waals surface area (Å²) in [5.74, 6) is 2.23. The van der Waals surface area contributed by atoms with Crippen molar-refractivity contribution in [2.75, 3.05) is 26.9 Å². The van der Waals surface area contributed by atoms with E-state index in [4.69, 9.17) is 25.8 Å². The van der Waals surface area contributed by atoms with Crippen LogP contribution < -0.4 is 14.2 Å². The molecule has 0 spiro atoms. The van der Waals surface area contributed by atoms with Crippen molar-refractivity contribution in [3.05, 3.63) is 52.5 Å². The standard InChI is InChI=1S/C21H24ClNO4/c1-3-23(14-16-5-4-6-19-21(16)27-12-11-26-19)20(24)10-8-15-7-9-18(25-2)17(22)13-15/h4-7,9,13H,3,8,10-12,14H2,1-2H3. The Hall–Kier alpha value is -2.40. The number of amides is 1. The molecule has 0 saturated heterocycles. The Labute approximate surface area is 164 Å². The topological polar surface area (TPSA) is 48.0 Å². The molecule has 0 N–H and O–H groups in total. The average Bonchev–Trinajstić information content (AvgIpc) is 2.70. The lowest BCUT2D eigenvalue weighted by molar-refractivity contribution is -0.131. The number of nitrogens with zero attached hydrogens (tertiary/aromatic N) is 1. The van der Waals surface area contributed by atoms with Crippen molar-refractivity contribution in [2.24, 2.45) is 0 Å². The van der Waals surface area contributed by atoms with Gasteiger partial charge in [0, 0.05) is 25.1 Å². The van der Waals surface area contributed by atoms with Crippen LogP contribution >= 0.6 is 11.6 Å². The van der Waals surface area contributed by atoms with Crippen LogP contribution in [0.15, 0.2) is 36.4 Å². The molecule has 2 aromatic rings. The van der Waals surface area contributed by atoms with Crippen LogP contribution in [0.4, 0.5) is 0 Å². The Morgan fingerprint density at radius 3 is 2.78 bits per heavy atom. The molecule has 0 atom stereocenters. The van der Waals surface area contributed by atoms with Crippen LogP contribution in [0.25, 0.3) is 0 Å². The molecule has 144 valence electrons. The van der Waals surface area contributed by atoms with E-state index in [0.29, 0.717) is 49.9 Å². The minimum Gasteiger partial charge on any atom is -0.495 e. The smallest absolute Gasteiger partial charge is 0.223 e. The van der Waals surface area contributed by atoms with Gasteiger partial charge >= 0.3 is 0 Å². The first-order valence-corrected chi connectivity index (χ1v) is 9.47. The van der Waals surface area contributed by atoms with E-state index in [2.05, 4.69) is 0 Å². The molecule has 0 bridgehead atoms. The number of hydrogen-bond donors (Lipinski definition) is 0. The van der Waals surface area contributed by atoms with E-state index in [0.717, 1.165) is 22.6 Å². The van der Waals surface area contributed by atoms with E-state index < -0.39 is 0 Å². The lowest BCUT2D eigenvalue weighted by Gasteiger charge is -2.25. The van der Waals surface area contributed by atoms with Gasteiger partial charge in [0.1, 0.15) is 19.0 Å². The van der Waals surface area contributed by atoms with Crippen molar-refractivity contribution < 1.29 is 19.0 Å². The quantitative estimate of drug-likeness (QED) is 0.715. The summed E-state index contributed by atoms with van der Waals surface area (Å²) in [4.78, 5) is 14.6. The summed E-state index contributed by atoms with van der Waals surface area (Å²) < 4.78 is 16.5. The van der Waals surface area contributed by atoms with Crippen LogP contribution in [0.5, 0.6) is 17.2 Å². The Balaban J connectivity index is 1.64. The van der Waals surface area contributed by atoms with Crippen LogP contribution in [-0.2, 0) is 17.8 Å². The predicted molar refractivity (Wildman–Crippen MR) is 105 cm³/mol. The van der Waals surface area contributed by atoms with E-state index in [1.807, 2.05) is 48.2 Å². The second-order valence-electron chi connectivity index (χ2n) is 6.32. The highest BCUT2D eigenvalue weighted by Gasteiger charge is 2.19. The van der Waals surface area contributed by atoms with E-state index in [1.54, 1.807) is 7.11 Å². The van der Waals surface area contributed by atoms with Crippen molar-refractivity contribution in [1.82, 2.24) is 4.90 Å². The van der Waals surface area contributed by atoms with Gasteiger partial charge in [-0.15, -0.1) is 0 Å². The van der Waals surface area contributed by atoms with Gasteiger partial charge in [0.25, 0.3) is 0 Å². The minimum absolute atomic E-state index is 0.0961. The Kier molecular flexibility index (Phi) is 6.45. The summed E-state index contributed by atoms with van der Waals surface area (Å²) >= 11 is 6.16. The van der Waals surface area contributed by atoms with Crippen LogP contribution in [-0.4, -0.2) is 37.7 Å². The zero-order valence-corrected chi connectivity index (χ0v) is 16.4. The molecule has 3 rings (SSSR count). The summed E-state index contributed by atoms with van der Waals surface area (Å²) in [6, 6.07) is 11.4. The van der Waals surface area contributed by atoms with E-state index in [9.17, 15) is 4.79 Å². The van der Waals surface area contributed by atoms with Crippen LogP contribution in [0.3, 0.4) is 0 Å². The first kappa shape index (κ1) is 19.4. The lowest BCUT2D eigenvalue weighted by Crippen LogP contribution is -2.31. The fourth-order valence-electron chi connectivity index (χ4n) is 3.12. The normalized spacial score (nSPS) is 12.6. The number of carbonyl (C=O) groups is 1. The largest absolute Gasteiger partial charge is 0.495 e. The zero-order valence-electron chi connectivity index (χ0n) is 15.7. The van der Waals surface area contributed by atoms with Gasteiger partial charge in [-0.05, 0) is 37.1 Å². The number of benzene rings is 2. The van der Waals surface area contributed by atoms with Crippen LogP contribution in [0.1, 0.15) is 24.5 Å². The highest BCUT2D eigenvalue weighted by atomic mass is 35.5. The van der Waals surface area contributed by atoms with E-state index in [1.165, 1.54) is 0 Å². The average molecular weight is 390 g/mol. The van der Waals surface area contributed by atoms with Gasteiger partial charge < -0.3 is 19.1 Å². The first-order valence-electron chi connectivity index (χ1n) is 9.10. The molecule has 0 unspecified atom stereocenters. The highest BCUT2D eigenvalue weighted by molar-refractivity contribution is 6.32. The molecule has 5 nitrogen and oxygen atoms in total. The van der Waals surface area contributed by atoms with Crippen molar-refractivity contribution in [3.63, 3.8) is 0 Å². The number of halogens is 1. The summed E-state index contributed by atoms with van der Waals surface area (Å²) in [7, 11) is 1.58. The third-order valence-electron chi connectivity index (χ3n) is 4.59. The molecule has 1 aliphatic heterocycles. The number of ether oxygens (including phenoxy) is 3. The fraction of sp³-hybridized carbons (Fsp3) is 0.381. The molecule has 0 fully saturated rings. The summed E-state index contributed by atoms with van der Waals surface area (Å²) in [5, 5.41) is 0.558. The van der Waals surface area contributed by atoms with Crippen molar-refractivity contribution in [3.8, 4) is 17.2 Å². The van der Waals surface area contributed by atoms with E-state index >= 15 is 0 Å². The monoisotopic (exact) mass is 389 g/mol. The Bertz CT molecular complexity index is 809. The number of fused-ring (bicyclic) bond motifs is 1. The Morgan fingerprint density at radius 1 is 1.22 bits per heavy atom. The second-order valence-corrected chi connectivity index (χ2v) is 6.73. The maximum Gasteiger partial charge on any atom is 0.223 e. The number of methoxy groups -OCH3 is 1. The summed E-state index contributed by atoms with van der Waals surface area (Å²) in [6.07, 6.45) is 1.05. The zero-order chi connectivity index (χ0) is 19.2. The number of carbonyl (C=O) groups excluding carboxylic acids is 1. The van der Waals surface area contributed by atoms with Crippen molar-refractivity contribution in [2.45, 2.75) is 26.3 Å². The molecule has 0 aromatic heterocycles. The van der Waals surface area contributed by atoms with Crippen LogP contribution in [0, 0.1) is 0 Å². The SMILES string of the molecule is CCN(Cc1cccc2c1OCCO2)C(=O)CCc1ccc(OC)c(Cl)c1. The van der Waals surface area contributed by atoms with Crippen molar-refractivity contribution in [1.29, 1.82) is 0 Å². The van der Waals surface area contributed by atoms with Crippen LogP contribution in [0.2, 0.25) is 5.02 Å². The number of para-hydroxylation sites is 1. The first-order chi connectivity index (χ1) is 13.1. The van der Waals surface area contributed by atoms with Gasteiger partial charge in [0.15, 0.2) is 11.5 Å². The fourth-order valence-corrected chi connectivity index (χ4v) is 3.40. The van der Waals surface area contributed by atoms with Gasteiger partial charge in [-0.1, -0.05) is 29.8 Å². The molecule has 0 radical (unpaired) electrons. The maximum atomic E-state index is 12.7. The number of hydrogen-bond acceptors (Lipinski definition) is 4. The summed E-state index contributed by atoms with van der Waals surface area (Å²) in [5.41, 5.74) is 1.98. The minimum atomic E-state index is 0.0961. The molecule has 1 aliphatic rings. The number of aryl methyl sites for hydroxylation is 1.